The molecule has 3 nitrogen and oxygen atoms in total. The molecule has 18 heavy (non-hydrogen) atoms. The van der Waals surface area contributed by atoms with E-state index in [4.69, 9.17) is 0 Å². The summed E-state index contributed by atoms with van der Waals surface area (Å²) in [6, 6.07) is 10.5. The van der Waals surface area contributed by atoms with E-state index < -0.39 is 9.84 Å². The number of aryl methyl sites for hydroxylation is 1. The van der Waals surface area contributed by atoms with Crippen LogP contribution in [-0.2, 0) is 16.3 Å². The zero-order valence-corrected chi connectivity index (χ0v) is 12.0. The van der Waals surface area contributed by atoms with E-state index in [1.54, 1.807) is 36.7 Å². The van der Waals surface area contributed by atoms with Gasteiger partial charge in [-0.25, -0.2) is 8.42 Å². The van der Waals surface area contributed by atoms with Crippen molar-refractivity contribution in [2.75, 3.05) is 5.75 Å². The molecule has 0 amide bonds. The highest BCUT2D eigenvalue weighted by Crippen LogP contribution is 2.22. The number of pyridine rings is 1. The van der Waals surface area contributed by atoms with Crippen molar-refractivity contribution >= 4 is 25.8 Å². The van der Waals surface area contributed by atoms with Gasteiger partial charge in [0.2, 0.25) is 0 Å². The van der Waals surface area contributed by atoms with Gasteiger partial charge < -0.3 is 0 Å². The molecule has 0 saturated carbocycles. The van der Waals surface area contributed by atoms with Gasteiger partial charge in [0.05, 0.1) is 10.6 Å². The summed E-state index contributed by atoms with van der Waals surface area (Å²) < 4.78 is 25.0. The Bertz CT molecular complexity index is 626. The molecule has 0 N–H and O–H groups in total. The zero-order chi connectivity index (χ0) is 13.0. The number of hydrogen-bond donors (Lipinski definition) is 0. The highest BCUT2D eigenvalue weighted by molar-refractivity contribution is 9.10. The Hall–Kier alpha value is -1.20. The molecule has 94 valence electrons. The minimum absolute atomic E-state index is 0.0969. The normalized spacial score (nSPS) is 11.4. The van der Waals surface area contributed by atoms with Crippen molar-refractivity contribution in [1.29, 1.82) is 0 Å². The third-order valence-corrected chi connectivity index (χ3v) is 5.30. The van der Waals surface area contributed by atoms with E-state index in [0.29, 0.717) is 15.8 Å². The summed E-state index contributed by atoms with van der Waals surface area (Å²) in [6.07, 6.45) is 3.83. The average Bonchev–Trinajstić information content (AvgIpc) is 2.38. The predicted octanol–water partition coefficient (Wildman–Crippen LogP) is 2.86. The zero-order valence-electron chi connectivity index (χ0n) is 9.58. The lowest BCUT2D eigenvalue weighted by Crippen LogP contribution is -2.09. The predicted molar refractivity (Wildman–Crippen MR) is 74.1 cm³/mol. The average molecular weight is 326 g/mol. The van der Waals surface area contributed by atoms with Gasteiger partial charge in [-0.15, -0.1) is 0 Å². The molecule has 2 aromatic rings. The number of nitrogens with zero attached hydrogens (tertiary/aromatic N) is 1. The van der Waals surface area contributed by atoms with Crippen LogP contribution >= 0.6 is 15.9 Å². The minimum Gasteiger partial charge on any atom is -0.265 e. The number of hydrogen-bond acceptors (Lipinski definition) is 3. The van der Waals surface area contributed by atoms with Gasteiger partial charge in [-0.2, -0.15) is 0 Å². The van der Waals surface area contributed by atoms with Crippen LogP contribution in [0.5, 0.6) is 0 Å². The van der Waals surface area contributed by atoms with Gasteiger partial charge in [-0.3, -0.25) is 4.98 Å². The quantitative estimate of drug-likeness (QED) is 0.868. The maximum absolute atomic E-state index is 12.2. The Labute approximate surface area is 115 Å². The molecule has 0 aliphatic rings. The van der Waals surface area contributed by atoms with Crippen molar-refractivity contribution in [3.63, 3.8) is 0 Å². The molecule has 0 aliphatic heterocycles. The van der Waals surface area contributed by atoms with E-state index in [0.717, 1.165) is 5.56 Å². The van der Waals surface area contributed by atoms with Crippen LogP contribution in [0.2, 0.25) is 0 Å². The van der Waals surface area contributed by atoms with Gasteiger partial charge in [0, 0.05) is 16.9 Å². The molecule has 0 spiro atoms. The van der Waals surface area contributed by atoms with E-state index >= 15 is 0 Å². The van der Waals surface area contributed by atoms with Gasteiger partial charge in [0.25, 0.3) is 0 Å². The Kier molecular flexibility index (Phi) is 4.14. The van der Waals surface area contributed by atoms with E-state index in [9.17, 15) is 8.42 Å². The number of aromatic nitrogens is 1. The first-order chi connectivity index (χ1) is 8.59. The van der Waals surface area contributed by atoms with Gasteiger partial charge >= 0.3 is 0 Å². The third kappa shape index (κ3) is 3.17. The minimum atomic E-state index is -3.26. The highest BCUT2D eigenvalue weighted by Gasteiger charge is 2.16. The van der Waals surface area contributed by atoms with Gasteiger partial charge in [-0.1, -0.05) is 12.1 Å². The summed E-state index contributed by atoms with van der Waals surface area (Å²) >= 11 is 3.27. The molecule has 0 aliphatic carbocycles. The van der Waals surface area contributed by atoms with E-state index in [2.05, 4.69) is 20.9 Å². The molecule has 5 heteroatoms. The van der Waals surface area contributed by atoms with Crippen LogP contribution in [0.1, 0.15) is 5.56 Å². The second-order valence-electron chi connectivity index (χ2n) is 3.85. The molecule has 0 unspecified atom stereocenters. The number of sulfone groups is 1. The largest absolute Gasteiger partial charge is 0.265 e. The monoisotopic (exact) mass is 325 g/mol. The molecular weight excluding hydrogens is 314 g/mol. The lowest BCUT2D eigenvalue weighted by Gasteiger charge is -2.06. The van der Waals surface area contributed by atoms with Crippen molar-refractivity contribution in [3.8, 4) is 0 Å². The Balaban J connectivity index is 2.16. The molecule has 2 rings (SSSR count). The Morgan fingerprint density at radius 2 is 1.72 bits per heavy atom. The highest BCUT2D eigenvalue weighted by atomic mass is 79.9. The topological polar surface area (TPSA) is 47.0 Å². The van der Waals surface area contributed by atoms with Crippen LogP contribution in [0.15, 0.2) is 58.2 Å². The lowest BCUT2D eigenvalue weighted by molar-refractivity contribution is 0.595. The van der Waals surface area contributed by atoms with Gasteiger partial charge in [-0.05, 0) is 52.2 Å². The van der Waals surface area contributed by atoms with Crippen LogP contribution in [-0.4, -0.2) is 19.2 Å². The first-order valence-electron chi connectivity index (χ1n) is 5.46. The van der Waals surface area contributed by atoms with Crippen LogP contribution in [0.4, 0.5) is 0 Å². The van der Waals surface area contributed by atoms with E-state index in [1.165, 1.54) is 0 Å². The molecule has 1 aromatic heterocycles. The third-order valence-electron chi connectivity index (χ3n) is 2.58. The Morgan fingerprint density at radius 3 is 2.39 bits per heavy atom. The van der Waals surface area contributed by atoms with Crippen LogP contribution in [0.3, 0.4) is 0 Å². The number of halogens is 1. The molecule has 0 fully saturated rings. The van der Waals surface area contributed by atoms with Crippen molar-refractivity contribution in [2.45, 2.75) is 11.3 Å². The molecular formula is C13H12BrNO2S. The SMILES string of the molecule is O=S(=O)(CCc1ccncc1)c1ccccc1Br. The van der Waals surface area contributed by atoms with Gasteiger partial charge in [0.15, 0.2) is 9.84 Å². The maximum Gasteiger partial charge on any atom is 0.179 e. The van der Waals surface area contributed by atoms with E-state index in [-0.39, 0.29) is 5.75 Å². The fourth-order valence-corrected chi connectivity index (χ4v) is 4.01. The van der Waals surface area contributed by atoms with E-state index in [1.807, 2.05) is 12.1 Å². The summed E-state index contributed by atoms with van der Waals surface area (Å²) in [5, 5.41) is 0. The second kappa shape index (κ2) is 5.63. The molecule has 1 heterocycles. The molecule has 1 aromatic carbocycles. The molecule has 0 saturated heterocycles. The summed E-state index contributed by atoms with van der Waals surface area (Å²) in [4.78, 5) is 4.25. The van der Waals surface area contributed by atoms with Crippen molar-refractivity contribution < 1.29 is 8.42 Å². The number of benzene rings is 1. The van der Waals surface area contributed by atoms with Crippen LogP contribution in [0.25, 0.3) is 0 Å². The van der Waals surface area contributed by atoms with Crippen LogP contribution < -0.4 is 0 Å². The van der Waals surface area contributed by atoms with Crippen molar-refractivity contribution in [3.05, 3.63) is 58.8 Å². The van der Waals surface area contributed by atoms with Gasteiger partial charge in [0.1, 0.15) is 0 Å². The molecule has 0 bridgehead atoms. The summed E-state index contributed by atoms with van der Waals surface area (Å²) in [5.74, 6) is 0.0969. The van der Waals surface area contributed by atoms with Crippen molar-refractivity contribution in [2.24, 2.45) is 0 Å². The standard InChI is InChI=1S/C13H12BrNO2S/c14-12-3-1-2-4-13(12)18(16,17)10-7-11-5-8-15-9-6-11/h1-6,8-9H,7,10H2. The maximum atomic E-state index is 12.2. The molecule has 0 atom stereocenters. The Morgan fingerprint density at radius 1 is 1.06 bits per heavy atom. The van der Waals surface area contributed by atoms with Crippen molar-refractivity contribution in [1.82, 2.24) is 4.98 Å². The summed E-state index contributed by atoms with van der Waals surface area (Å²) in [5.41, 5.74) is 0.973. The lowest BCUT2D eigenvalue weighted by atomic mass is 10.2. The second-order valence-corrected chi connectivity index (χ2v) is 6.79. The fraction of sp³-hybridized carbons (Fsp3) is 0.154. The fourth-order valence-electron chi connectivity index (χ4n) is 1.61. The number of rotatable bonds is 4. The first kappa shape index (κ1) is 13.2. The first-order valence-corrected chi connectivity index (χ1v) is 7.90. The summed E-state index contributed by atoms with van der Waals surface area (Å²) in [6.45, 7) is 0. The summed E-state index contributed by atoms with van der Waals surface area (Å²) in [7, 11) is -3.26. The smallest absolute Gasteiger partial charge is 0.179 e. The molecule has 0 radical (unpaired) electrons. The van der Waals surface area contributed by atoms with Crippen LogP contribution in [0, 0.1) is 0 Å².